The van der Waals surface area contributed by atoms with Gasteiger partial charge in [-0.1, -0.05) is 0 Å². The molecule has 2 aliphatic rings. The molecule has 1 unspecified atom stereocenters. The Balaban J connectivity index is 1.87. The molecule has 3 nitrogen and oxygen atoms in total. The van der Waals surface area contributed by atoms with Gasteiger partial charge in [-0.2, -0.15) is 11.8 Å². The zero-order valence-corrected chi connectivity index (χ0v) is 8.68. The minimum absolute atomic E-state index is 0.149. The molecule has 0 saturated carbocycles. The van der Waals surface area contributed by atoms with E-state index in [-0.39, 0.29) is 11.8 Å². The maximum Gasteiger partial charge on any atom is 0.230 e. The van der Waals surface area contributed by atoms with E-state index in [2.05, 4.69) is 0 Å². The monoisotopic (exact) mass is 201 g/mol. The number of thioether (sulfide) groups is 1. The lowest BCUT2D eigenvalue weighted by Crippen LogP contribution is -2.47. The van der Waals surface area contributed by atoms with Crippen LogP contribution in [0, 0.1) is 5.92 Å². The number of carbonyl (C=O) groups excluding carboxylic acids is 1. The van der Waals surface area contributed by atoms with E-state index in [1.807, 2.05) is 23.7 Å². The number of hydrogen-bond acceptors (Lipinski definition) is 3. The highest BCUT2D eigenvalue weighted by Crippen LogP contribution is 2.23. The summed E-state index contributed by atoms with van der Waals surface area (Å²) < 4.78 is 5.02. The van der Waals surface area contributed by atoms with Gasteiger partial charge in [0.15, 0.2) is 0 Å². The molecule has 0 bridgehead atoms. The summed E-state index contributed by atoms with van der Waals surface area (Å²) in [5, 5.41) is 0. The number of carbonyl (C=O) groups is 1. The average Bonchev–Trinajstić information content (AvgIpc) is 2.51. The van der Waals surface area contributed by atoms with Crippen LogP contribution in [0.15, 0.2) is 0 Å². The van der Waals surface area contributed by atoms with Crippen LogP contribution in [-0.4, -0.2) is 48.6 Å². The predicted molar refractivity (Wildman–Crippen MR) is 52.8 cm³/mol. The molecule has 2 rings (SSSR count). The molecule has 13 heavy (non-hydrogen) atoms. The smallest absolute Gasteiger partial charge is 0.230 e. The van der Waals surface area contributed by atoms with Gasteiger partial charge in [-0.25, -0.2) is 0 Å². The molecule has 0 aromatic rings. The summed E-state index contributed by atoms with van der Waals surface area (Å²) in [6.07, 6.45) is 1.15. The van der Waals surface area contributed by atoms with E-state index in [1.165, 1.54) is 5.75 Å². The molecule has 2 heterocycles. The van der Waals surface area contributed by atoms with Crippen molar-refractivity contribution in [1.29, 1.82) is 0 Å². The topological polar surface area (TPSA) is 29.5 Å². The second-order valence-electron chi connectivity index (χ2n) is 3.70. The molecule has 74 valence electrons. The van der Waals surface area contributed by atoms with Gasteiger partial charge < -0.3 is 9.64 Å². The van der Waals surface area contributed by atoms with E-state index in [0.717, 1.165) is 12.2 Å². The molecule has 2 saturated heterocycles. The first-order valence-corrected chi connectivity index (χ1v) is 5.86. The standard InChI is InChI=1S/C9H15NO2S/c1-10(8-2-3-13-6-8)9(11)7-4-12-5-7/h7-8H,2-6H2,1H3. The van der Waals surface area contributed by atoms with E-state index in [0.29, 0.717) is 19.3 Å². The zero-order chi connectivity index (χ0) is 9.26. The molecule has 0 aromatic heterocycles. The molecule has 0 radical (unpaired) electrons. The van der Waals surface area contributed by atoms with Gasteiger partial charge in [-0.15, -0.1) is 0 Å². The van der Waals surface area contributed by atoms with Gasteiger partial charge in [-0.05, 0) is 12.2 Å². The molecule has 4 heteroatoms. The van der Waals surface area contributed by atoms with Crippen LogP contribution in [0.25, 0.3) is 0 Å². The average molecular weight is 201 g/mol. The molecular weight excluding hydrogens is 186 g/mol. The molecule has 2 fully saturated rings. The first-order valence-electron chi connectivity index (χ1n) is 4.71. The number of amides is 1. The normalized spacial score (nSPS) is 28.5. The Bertz CT molecular complexity index is 200. The predicted octanol–water partition coefficient (Wildman–Crippen LogP) is 0.597. The van der Waals surface area contributed by atoms with Gasteiger partial charge in [0.2, 0.25) is 5.91 Å². The lowest BCUT2D eigenvalue weighted by Gasteiger charge is -2.32. The van der Waals surface area contributed by atoms with E-state index >= 15 is 0 Å². The van der Waals surface area contributed by atoms with Crippen LogP contribution >= 0.6 is 11.8 Å². The number of hydrogen-bond donors (Lipinski definition) is 0. The second kappa shape index (κ2) is 3.88. The number of nitrogens with zero attached hydrogens (tertiary/aromatic N) is 1. The van der Waals surface area contributed by atoms with Crippen LogP contribution in [0.5, 0.6) is 0 Å². The third-order valence-electron chi connectivity index (χ3n) is 2.79. The minimum atomic E-state index is 0.149. The SMILES string of the molecule is CN(C(=O)C1COC1)C1CCSC1. The second-order valence-corrected chi connectivity index (χ2v) is 4.85. The molecule has 0 N–H and O–H groups in total. The minimum Gasteiger partial charge on any atom is -0.380 e. The Morgan fingerprint density at radius 2 is 2.31 bits per heavy atom. The summed E-state index contributed by atoms with van der Waals surface area (Å²) in [5.41, 5.74) is 0. The van der Waals surface area contributed by atoms with Crippen LogP contribution < -0.4 is 0 Å². The van der Waals surface area contributed by atoms with Crippen molar-refractivity contribution in [3.63, 3.8) is 0 Å². The van der Waals surface area contributed by atoms with Crippen LogP contribution in [-0.2, 0) is 9.53 Å². The largest absolute Gasteiger partial charge is 0.380 e. The maximum atomic E-state index is 11.7. The zero-order valence-electron chi connectivity index (χ0n) is 7.86. The summed E-state index contributed by atoms with van der Waals surface area (Å²) in [4.78, 5) is 13.7. The van der Waals surface area contributed by atoms with Crippen LogP contribution in [0.3, 0.4) is 0 Å². The van der Waals surface area contributed by atoms with Gasteiger partial charge in [0.25, 0.3) is 0 Å². The van der Waals surface area contributed by atoms with Gasteiger partial charge in [0.05, 0.1) is 19.1 Å². The quantitative estimate of drug-likeness (QED) is 0.655. The molecule has 1 atom stereocenters. The van der Waals surface area contributed by atoms with E-state index in [9.17, 15) is 4.79 Å². The Labute approximate surface area is 82.8 Å². The first-order chi connectivity index (χ1) is 6.29. The molecular formula is C9H15NO2S. The Morgan fingerprint density at radius 3 is 2.77 bits per heavy atom. The molecule has 2 aliphatic heterocycles. The van der Waals surface area contributed by atoms with Crippen LogP contribution in [0.2, 0.25) is 0 Å². The van der Waals surface area contributed by atoms with E-state index < -0.39 is 0 Å². The highest BCUT2D eigenvalue weighted by molar-refractivity contribution is 7.99. The van der Waals surface area contributed by atoms with Gasteiger partial charge in [0, 0.05) is 18.8 Å². The summed E-state index contributed by atoms with van der Waals surface area (Å²) in [6.45, 7) is 1.26. The van der Waals surface area contributed by atoms with Crippen LogP contribution in [0.1, 0.15) is 6.42 Å². The van der Waals surface area contributed by atoms with Crippen LogP contribution in [0.4, 0.5) is 0 Å². The first kappa shape index (κ1) is 9.34. The summed E-state index contributed by atoms with van der Waals surface area (Å²) in [6, 6.07) is 0.470. The van der Waals surface area contributed by atoms with Crippen molar-refractivity contribution in [1.82, 2.24) is 4.90 Å². The van der Waals surface area contributed by atoms with Crippen molar-refractivity contribution < 1.29 is 9.53 Å². The Hall–Kier alpha value is -0.220. The Kier molecular flexibility index (Phi) is 2.79. The third kappa shape index (κ3) is 1.83. The molecule has 0 aromatic carbocycles. The fourth-order valence-corrected chi connectivity index (χ4v) is 2.94. The highest BCUT2D eigenvalue weighted by atomic mass is 32.2. The molecule has 0 aliphatic carbocycles. The summed E-state index contributed by atoms with van der Waals surface area (Å²) >= 11 is 1.94. The third-order valence-corrected chi connectivity index (χ3v) is 3.93. The number of rotatable bonds is 2. The van der Waals surface area contributed by atoms with Crippen molar-refractivity contribution in [3.8, 4) is 0 Å². The summed E-state index contributed by atoms with van der Waals surface area (Å²) in [5.74, 6) is 2.73. The molecule has 1 amide bonds. The van der Waals surface area contributed by atoms with Crippen molar-refractivity contribution >= 4 is 17.7 Å². The van der Waals surface area contributed by atoms with E-state index in [1.54, 1.807) is 0 Å². The van der Waals surface area contributed by atoms with Crippen molar-refractivity contribution in [2.24, 2.45) is 5.92 Å². The lowest BCUT2D eigenvalue weighted by molar-refractivity contribution is -0.150. The van der Waals surface area contributed by atoms with Crippen molar-refractivity contribution in [3.05, 3.63) is 0 Å². The fourth-order valence-electron chi connectivity index (χ4n) is 1.67. The van der Waals surface area contributed by atoms with Gasteiger partial charge >= 0.3 is 0 Å². The molecule has 0 spiro atoms. The lowest BCUT2D eigenvalue weighted by atomic mass is 10.1. The van der Waals surface area contributed by atoms with Gasteiger partial charge in [-0.3, -0.25) is 4.79 Å². The fraction of sp³-hybridized carbons (Fsp3) is 0.889. The summed E-state index contributed by atoms with van der Waals surface area (Å²) in [7, 11) is 1.93. The van der Waals surface area contributed by atoms with E-state index in [4.69, 9.17) is 4.74 Å². The van der Waals surface area contributed by atoms with Crippen molar-refractivity contribution in [2.45, 2.75) is 12.5 Å². The maximum absolute atomic E-state index is 11.7. The van der Waals surface area contributed by atoms with Gasteiger partial charge in [0.1, 0.15) is 0 Å². The van der Waals surface area contributed by atoms with Crippen molar-refractivity contribution in [2.75, 3.05) is 31.8 Å². The Morgan fingerprint density at radius 1 is 1.54 bits per heavy atom. The number of ether oxygens (including phenoxy) is 1. The highest BCUT2D eigenvalue weighted by Gasteiger charge is 2.32.